The van der Waals surface area contributed by atoms with E-state index >= 15 is 0 Å². The van der Waals surface area contributed by atoms with Crippen molar-refractivity contribution in [3.8, 4) is 0 Å². The fourth-order valence-corrected chi connectivity index (χ4v) is 4.52. The van der Waals surface area contributed by atoms with Crippen LogP contribution >= 0.6 is 34.7 Å². The number of halogens is 2. The van der Waals surface area contributed by atoms with Crippen LogP contribution in [0.5, 0.6) is 0 Å². The van der Waals surface area contributed by atoms with E-state index in [2.05, 4.69) is 18.8 Å². The molecule has 0 bridgehead atoms. The Bertz CT molecular complexity index is 952. The van der Waals surface area contributed by atoms with Crippen LogP contribution in [0.1, 0.15) is 25.8 Å². The van der Waals surface area contributed by atoms with Crippen molar-refractivity contribution >= 4 is 44.9 Å². The second-order valence-corrected chi connectivity index (χ2v) is 8.46. The molecule has 0 atom stereocenters. The Morgan fingerprint density at radius 3 is 2.88 bits per heavy atom. The van der Waals surface area contributed by atoms with Crippen molar-refractivity contribution in [3.63, 3.8) is 0 Å². The summed E-state index contributed by atoms with van der Waals surface area (Å²) in [5.41, 5.74) is 1.56. The lowest BCUT2D eigenvalue weighted by atomic mass is 10.1. The van der Waals surface area contributed by atoms with Crippen LogP contribution in [-0.2, 0) is 12.3 Å². The van der Waals surface area contributed by atoms with Gasteiger partial charge in [0, 0.05) is 17.3 Å². The molecule has 0 saturated carbocycles. The SMILES string of the molecule is CC(C)CCn1c(SCc2ccc(F)cc2Cl)nc2ccsc2c1=O. The van der Waals surface area contributed by atoms with Crippen molar-refractivity contribution in [2.75, 3.05) is 0 Å². The molecule has 2 aromatic heterocycles. The van der Waals surface area contributed by atoms with E-state index in [9.17, 15) is 9.18 Å². The molecule has 0 fully saturated rings. The first-order valence-corrected chi connectivity index (χ1v) is 10.2. The third-order valence-electron chi connectivity index (χ3n) is 3.83. The zero-order chi connectivity index (χ0) is 18.0. The van der Waals surface area contributed by atoms with Crippen LogP contribution in [0, 0.1) is 11.7 Å². The van der Waals surface area contributed by atoms with Gasteiger partial charge in [-0.3, -0.25) is 9.36 Å². The van der Waals surface area contributed by atoms with E-state index in [0.29, 0.717) is 33.1 Å². The van der Waals surface area contributed by atoms with Crippen LogP contribution in [0.25, 0.3) is 10.2 Å². The van der Waals surface area contributed by atoms with Crippen LogP contribution in [0.15, 0.2) is 39.6 Å². The Kier molecular flexibility index (Phi) is 5.81. The monoisotopic (exact) mass is 396 g/mol. The van der Waals surface area contributed by atoms with Crippen molar-refractivity contribution in [3.05, 3.63) is 56.4 Å². The molecule has 0 spiro atoms. The maximum atomic E-state index is 13.2. The predicted octanol–water partition coefficient (Wildman–Crippen LogP) is 5.59. The number of benzene rings is 1. The predicted molar refractivity (Wildman–Crippen MR) is 104 cm³/mol. The van der Waals surface area contributed by atoms with E-state index in [1.165, 1.54) is 35.2 Å². The van der Waals surface area contributed by atoms with Gasteiger partial charge in [-0.15, -0.1) is 11.3 Å². The molecule has 25 heavy (non-hydrogen) atoms. The van der Waals surface area contributed by atoms with Crippen molar-refractivity contribution in [1.29, 1.82) is 0 Å². The van der Waals surface area contributed by atoms with Crippen molar-refractivity contribution in [2.45, 2.75) is 37.7 Å². The minimum absolute atomic E-state index is 0.00773. The first-order chi connectivity index (χ1) is 12.0. The highest BCUT2D eigenvalue weighted by atomic mass is 35.5. The Hall–Kier alpha value is -1.37. The van der Waals surface area contributed by atoms with E-state index in [-0.39, 0.29) is 11.4 Å². The highest BCUT2D eigenvalue weighted by Crippen LogP contribution is 2.27. The summed E-state index contributed by atoms with van der Waals surface area (Å²) in [6.07, 6.45) is 0.906. The molecular formula is C18H18ClFN2OS2. The molecule has 0 aliphatic carbocycles. The molecule has 0 radical (unpaired) electrons. The highest BCUT2D eigenvalue weighted by Gasteiger charge is 2.14. The van der Waals surface area contributed by atoms with Gasteiger partial charge in [0.15, 0.2) is 5.16 Å². The van der Waals surface area contributed by atoms with Gasteiger partial charge in [0.1, 0.15) is 10.5 Å². The summed E-state index contributed by atoms with van der Waals surface area (Å²) < 4.78 is 15.6. The van der Waals surface area contributed by atoms with Gasteiger partial charge in [-0.25, -0.2) is 9.37 Å². The summed E-state index contributed by atoms with van der Waals surface area (Å²) in [5.74, 6) is 0.670. The standard InChI is InChI=1S/C18H18ClFN2OS2/c1-11(2)5-7-22-17(23)16-15(6-8-24-16)21-18(22)25-10-12-3-4-13(20)9-14(12)19/h3-4,6,8-9,11H,5,7,10H2,1-2H3. The number of thiophene rings is 1. The second kappa shape index (κ2) is 7.89. The van der Waals surface area contributed by atoms with Crippen molar-refractivity contribution in [1.82, 2.24) is 9.55 Å². The summed E-state index contributed by atoms with van der Waals surface area (Å²) in [4.78, 5) is 17.4. The molecule has 2 heterocycles. The summed E-state index contributed by atoms with van der Waals surface area (Å²) >= 11 is 8.98. The van der Waals surface area contributed by atoms with Crippen LogP contribution < -0.4 is 5.56 Å². The van der Waals surface area contributed by atoms with E-state index in [1.807, 2.05) is 11.4 Å². The Morgan fingerprint density at radius 2 is 2.16 bits per heavy atom. The summed E-state index contributed by atoms with van der Waals surface area (Å²) in [5, 5.41) is 2.95. The number of rotatable bonds is 6. The maximum Gasteiger partial charge on any atom is 0.272 e. The molecule has 1 aromatic carbocycles. The van der Waals surface area contributed by atoms with Gasteiger partial charge in [0.2, 0.25) is 0 Å². The third kappa shape index (κ3) is 4.25. The number of nitrogens with zero attached hydrogens (tertiary/aromatic N) is 2. The van der Waals surface area contributed by atoms with E-state index in [1.54, 1.807) is 10.6 Å². The molecule has 0 unspecified atom stereocenters. The van der Waals surface area contributed by atoms with Gasteiger partial charge >= 0.3 is 0 Å². The lowest BCUT2D eigenvalue weighted by Gasteiger charge is -2.13. The molecule has 0 N–H and O–H groups in total. The summed E-state index contributed by atoms with van der Waals surface area (Å²) in [6, 6.07) is 6.23. The largest absolute Gasteiger partial charge is 0.286 e. The molecule has 0 amide bonds. The van der Waals surface area contributed by atoms with Gasteiger partial charge in [-0.2, -0.15) is 0 Å². The average molecular weight is 397 g/mol. The topological polar surface area (TPSA) is 34.9 Å². The van der Waals surface area contributed by atoms with Crippen LogP contribution in [0.4, 0.5) is 4.39 Å². The first kappa shape index (κ1) is 18.4. The number of thioether (sulfide) groups is 1. The summed E-state index contributed by atoms with van der Waals surface area (Å²) in [6.45, 7) is 4.90. The minimum Gasteiger partial charge on any atom is -0.286 e. The zero-order valence-corrected chi connectivity index (χ0v) is 16.3. The van der Waals surface area contributed by atoms with Gasteiger partial charge in [0.25, 0.3) is 5.56 Å². The minimum atomic E-state index is -0.356. The normalized spacial score (nSPS) is 11.6. The molecule has 7 heteroatoms. The van der Waals surface area contributed by atoms with E-state index in [0.717, 1.165) is 17.5 Å². The summed E-state index contributed by atoms with van der Waals surface area (Å²) in [7, 11) is 0. The number of fused-ring (bicyclic) bond motifs is 1. The smallest absolute Gasteiger partial charge is 0.272 e. The molecule has 3 rings (SSSR count). The maximum absolute atomic E-state index is 13.2. The zero-order valence-electron chi connectivity index (χ0n) is 14.0. The third-order valence-corrected chi connectivity index (χ3v) is 6.10. The second-order valence-electron chi connectivity index (χ2n) is 6.19. The average Bonchev–Trinajstić information content (AvgIpc) is 3.02. The van der Waals surface area contributed by atoms with Gasteiger partial charge < -0.3 is 0 Å². The lowest BCUT2D eigenvalue weighted by Crippen LogP contribution is -2.23. The molecule has 3 nitrogen and oxygen atoms in total. The van der Waals surface area contributed by atoms with Gasteiger partial charge in [-0.1, -0.05) is 43.3 Å². The molecule has 0 aliphatic heterocycles. The van der Waals surface area contributed by atoms with Crippen LogP contribution in [-0.4, -0.2) is 9.55 Å². The molecule has 132 valence electrons. The van der Waals surface area contributed by atoms with E-state index in [4.69, 9.17) is 11.6 Å². The van der Waals surface area contributed by atoms with Crippen molar-refractivity contribution < 1.29 is 4.39 Å². The van der Waals surface area contributed by atoms with Gasteiger partial charge in [-0.05, 0) is 41.5 Å². The quantitative estimate of drug-likeness (QED) is 0.402. The Balaban J connectivity index is 1.93. The highest BCUT2D eigenvalue weighted by molar-refractivity contribution is 7.98. The first-order valence-electron chi connectivity index (χ1n) is 8.00. The fraction of sp³-hybridized carbons (Fsp3) is 0.333. The van der Waals surface area contributed by atoms with Crippen molar-refractivity contribution in [2.24, 2.45) is 5.92 Å². The number of aromatic nitrogens is 2. The molecule has 0 aliphatic rings. The Labute approximate surface area is 158 Å². The molecule has 3 aromatic rings. The number of hydrogen-bond acceptors (Lipinski definition) is 4. The lowest BCUT2D eigenvalue weighted by molar-refractivity contribution is 0.481. The van der Waals surface area contributed by atoms with Crippen LogP contribution in [0.3, 0.4) is 0 Å². The molecular weight excluding hydrogens is 379 g/mol. The van der Waals surface area contributed by atoms with Crippen LogP contribution in [0.2, 0.25) is 5.02 Å². The van der Waals surface area contributed by atoms with Gasteiger partial charge in [0.05, 0.1) is 5.52 Å². The van der Waals surface area contributed by atoms with E-state index < -0.39 is 0 Å². The number of hydrogen-bond donors (Lipinski definition) is 0. The molecule has 0 saturated heterocycles. The fourth-order valence-electron chi connectivity index (χ4n) is 2.40. The Morgan fingerprint density at radius 1 is 1.36 bits per heavy atom.